The normalized spacial score (nSPS) is 11.0. The number of rotatable bonds is 2. The van der Waals surface area contributed by atoms with Crippen LogP contribution in [0.1, 0.15) is 15.9 Å². The number of fused-ring (bicyclic) bond motifs is 2. The van der Waals surface area contributed by atoms with Gasteiger partial charge in [-0.3, -0.25) is 4.79 Å². The predicted molar refractivity (Wildman–Crippen MR) is 104 cm³/mol. The molecule has 4 aromatic rings. The Morgan fingerprint density at radius 1 is 0.962 bits per heavy atom. The van der Waals surface area contributed by atoms with Crippen LogP contribution in [0.2, 0.25) is 0 Å². The Morgan fingerprint density at radius 2 is 1.73 bits per heavy atom. The Labute approximate surface area is 149 Å². The van der Waals surface area contributed by atoms with E-state index in [1.807, 2.05) is 37.3 Å². The van der Waals surface area contributed by atoms with E-state index >= 15 is 0 Å². The lowest BCUT2D eigenvalue weighted by molar-refractivity contribution is 0.102. The topological polar surface area (TPSA) is 85.3 Å². The van der Waals surface area contributed by atoms with Gasteiger partial charge in [-0.25, -0.2) is 4.79 Å². The van der Waals surface area contributed by atoms with Crippen LogP contribution in [0.15, 0.2) is 69.9 Å². The molecule has 0 atom stereocenters. The molecule has 0 bridgehead atoms. The number of nitrogens with two attached hydrogens (primary N) is 1. The molecule has 128 valence electrons. The SMILES string of the molecule is Cc1cc(=O)oc2cc(NC(=O)c3ccc4cc(N)ccc4c3)ccc12. The van der Waals surface area contributed by atoms with Gasteiger partial charge in [-0.2, -0.15) is 0 Å². The number of nitrogen functional groups attached to an aromatic ring is 1. The third-order valence-electron chi connectivity index (χ3n) is 4.34. The molecule has 3 N–H and O–H groups in total. The van der Waals surface area contributed by atoms with E-state index in [9.17, 15) is 9.59 Å². The van der Waals surface area contributed by atoms with Gasteiger partial charge in [0.2, 0.25) is 0 Å². The molecule has 0 saturated carbocycles. The molecule has 1 heterocycles. The van der Waals surface area contributed by atoms with E-state index in [0.29, 0.717) is 22.5 Å². The summed E-state index contributed by atoms with van der Waals surface area (Å²) in [5.41, 5.74) is 8.43. The Kier molecular flexibility index (Phi) is 3.69. The largest absolute Gasteiger partial charge is 0.423 e. The second kappa shape index (κ2) is 6.04. The van der Waals surface area contributed by atoms with Crippen molar-refractivity contribution in [2.45, 2.75) is 6.92 Å². The molecule has 5 heteroatoms. The number of amides is 1. The Bertz CT molecular complexity index is 1230. The minimum Gasteiger partial charge on any atom is -0.423 e. The lowest BCUT2D eigenvalue weighted by Crippen LogP contribution is -2.11. The molecule has 0 radical (unpaired) electrons. The highest BCUT2D eigenvalue weighted by atomic mass is 16.4. The first kappa shape index (κ1) is 15.9. The molecular formula is C21H16N2O3. The van der Waals surface area contributed by atoms with Crippen molar-refractivity contribution in [1.82, 2.24) is 0 Å². The van der Waals surface area contributed by atoms with E-state index in [1.54, 1.807) is 24.3 Å². The number of hydrogen-bond donors (Lipinski definition) is 2. The van der Waals surface area contributed by atoms with Crippen molar-refractivity contribution in [3.63, 3.8) is 0 Å². The highest BCUT2D eigenvalue weighted by Crippen LogP contribution is 2.23. The summed E-state index contributed by atoms with van der Waals surface area (Å²) >= 11 is 0. The Hall–Kier alpha value is -3.60. The molecule has 1 amide bonds. The molecule has 0 aliphatic heterocycles. The molecule has 3 aromatic carbocycles. The maximum Gasteiger partial charge on any atom is 0.336 e. The minimum atomic E-state index is -0.410. The van der Waals surface area contributed by atoms with E-state index < -0.39 is 5.63 Å². The number of benzene rings is 3. The average molecular weight is 344 g/mol. The molecule has 0 aliphatic carbocycles. The molecule has 4 rings (SSSR count). The zero-order chi connectivity index (χ0) is 18.3. The quantitative estimate of drug-likeness (QED) is 0.424. The van der Waals surface area contributed by atoms with Gasteiger partial charge in [0.25, 0.3) is 5.91 Å². The third kappa shape index (κ3) is 2.91. The summed E-state index contributed by atoms with van der Waals surface area (Å²) in [6, 6.07) is 17.7. The zero-order valence-electron chi connectivity index (χ0n) is 14.1. The van der Waals surface area contributed by atoms with Crippen LogP contribution in [-0.2, 0) is 0 Å². The first-order valence-corrected chi connectivity index (χ1v) is 8.15. The standard InChI is InChI=1S/C21H16N2O3/c1-12-8-20(24)26-19-11-17(6-7-18(12)19)23-21(25)15-3-2-14-10-16(22)5-4-13(14)9-15/h2-11H,22H2,1H3,(H,23,25). The summed E-state index contributed by atoms with van der Waals surface area (Å²) < 4.78 is 5.22. The van der Waals surface area contributed by atoms with Crippen LogP contribution in [0.3, 0.4) is 0 Å². The summed E-state index contributed by atoms with van der Waals surface area (Å²) in [4.78, 5) is 24.1. The van der Waals surface area contributed by atoms with Crippen LogP contribution in [0.4, 0.5) is 11.4 Å². The van der Waals surface area contributed by atoms with Crippen LogP contribution in [0, 0.1) is 6.92 Å². The van der Waals surface area contributed by atoms with Gasteiger partial charge in [0.1, 0.15) is 5.58 Å². The summed E-state index contributed by atoms with van der Waals surface area (Å²) in [7, 11) is 0. The zero-order valence-corrected chi connectivity index (χ0v) is 14.1. The van der Waals surface area contributed by atoms with E-state index in [-0.39, 0.29) is 5.91 Å². The highest BCUT2D eigenvalue weighted by molar-refractivity contribution is 6.07. The number of anilines is 2. The highest BCUT2D eigenvalue weighted by Gasteiger charge is 2.09. The second-order valence-electron chi connectivity index (χ2n) is 6.23. The molecule has 5 nitrogen and oxygen atoms in total. The van der Waals surface area contributed by atoms with E-state index in [1.165, 1.54) is 6.07 Å². The lowest BCUT2D eigenvalue weighted by Gasteiger charge is -2.08. The van der Waals surface area contributed by atoms with Crippen molar-refractivity contribution in [3.05, 3.63) is 82.2 Å². The van der Waals surface area contributed by atoms with Gasteiger partial charge >= 0.3 is 5.63 Å². The number of carbonyl (C=O) groups is 1. The Balaban J connectivity index is 1.66. The molecule has 0 saturated heterocycles. The number of carbonyl (C=O) groups excluding carboxylic acids is 1. The van der Waals surface area contributed by atoms with Gasteiger partial charge in [-0.15, -0.1) is 0 Å². The fourth-order valence-electron chi connectivity index (χ4n) is 3.01. The van der Waals surface area contributed by atoms with Crippen LogP contribution in [0.25, 0.3) is 21.7 Å². The molecule has 0 spiro atoms. The average Bonchev–Trinajstić information content (AvgIpc) is 2.60. The number of hydrogen-bond acceptors (Lipinski definition) is 4. The monoisotopic (exact) mass is 344 g/mol. The van der Waals surface area contributed by atoms with Crippen molar-refractivity contribution < 1.29 is 9.21 Å². The van der Waals surface area contributed by atoms with Gasteiger partial charge in [0.15, 0.2) is 0 Å². The molecule has 26 heavy (non-hydrogen) atoms. The fourth-order valence-corrected chi connectivity index (χ4v) is 3.01. The maximum atomic E-state index is 12.6. The maximum absolute atomic E-state index is 12.6. The summed E-state index contributed by atoms with van der Waals surface area (Å²) in [6.45, 7) is 1.85. The van der Waals surface area contributed by atoms with Crippen LogP contribution >= 0.6 is 0 Å². The second-order valence-corrected chi connectivity index (χ2v) is 6.23. The van der Waals surface area contributed by atoms with Crippen molar-refractivity contribution >= 4 is 39.0 Å². The number of aryl methyl sites for hydroxylation is 1. The van der Waals surface area contributed by atoms with Gasteiger partial charge in [-0.1, -0.05) is 12.1 Å². The van der Waals surface area contributed by atoms with Crippen molar-refractivity contribution in [1.29, 1.82) is 0 Å². The molecule has 0 fully saturated rings. The Morgan fingerprint density at radius 3 is 2.58 bits per heavy atom. The first-order chi connectivity index (χ1) is 12.5. The third-order valence-corrected chi connectivity index (χ3v) is 4.34. The van der Waals surface area contributed by atoms with Gasteiger partial charge < -0.3 is 15.5 Å². The van der Waals surface area contributed by atoms with Crippen molar-refractivity contribution in [2.24, 2.45) is 0 Å². The van der Waals surface area contributed by atoms with E-state index in [4.69, 9.17) is 10.2 Å². The smallest absolute Gasteiger partial charge is 0.336 e. The van der Waals surface area contributed by atoms with Crippen LogP contribution in [-0.4, -0.2) is 5.91 Å². The van der Waals surface area contributed by atoms with E-state index in [2.05, 4.69) is 5.32 Å². The van der Waals surface area contributed by atoms with Crippen LogP contribution < -0.4 is 16.7 Å². The lowest BCUT2D eigenvalue weighted by atomic mass is 10.1. The van der Waals surface area contributed by atoms with Crippen molar-refractivity contribution in [3.8, 4) is 0 Å². The first-order valence-electron chi connectivity index (χ1n) is 8.15. The summed E-state index contributed by atoms with van der Waals surface area (Å²) in [5, 5.41) is 5.59. The summed E-state index contributed by atoms with van der Waals surface area (Å²) in [5.74, 6) is -0.238. The molecule has 0 aliphatic rings. The van der Waals surface area contributed by atoms with Crippen molar-refractivity contribution in [2.75, 3.05) is 11.1 Å². The molecular weight excluding hydrogens is 328 g/mol. The molecule has 0 unspecified atom stereocenters. The van der Waals surface area contributed by atoms with Gasteiger partial charge in [0.05, 0.1) is 0 Å². The summed E-state index contributed by atoms with van der Waals surface area (Å²) in [6.07, 6.45) is 0. The molecule has 1 aromatic heterocycles. The van der Waals surface area contributed by atoms with Gasteiger partial charge in [-0.05, 0) is 59.7 Å². The van der Waals surface area contributed by atoms with E-state index in [0.717, 1.165) is 21.7 Å². The van der Waals surface area contributed by atoms with Crippen LogP contribution in [0.5, 0.6) is 0 Å². The number of nitrogens with one attached hydrogen (secondary N) is 1. The fraction of sp³-hybridized carbons (Fsp3) is 0.0476. The van der Waals surface area contributed by atoms with Gasteiger partial charge in [0, 0.05) is 34.5 Å². The predicted octanol–water partition coefficient (Wildman–Crippen LogP) is 4.09. The minimum absolute atomic E-state index is 0.238.